The number of carbonyl (C=O) groups is 1. The Kier molecular flexibility index (Phi) is 6.82. The smallest absolute Gasteiger partial charge is 0.270 e. The van der Waals surface area contributed by atoms with Gasteiger partial charge in [0.05, 0.1) is 24.9 Å². The van der Waals surface area contributed by atoms with E-state index in [0.717, 1.165) is 12.8 Å². The summed E-state index contributed by atoms with van der Waals surface area (Å²) >= 11 is 6.10. The standard InChI is InChI=1S/C17H21ClN4O3/c1-4-5-6-19-17(23)13-9-16(21-10-20-13)22-12-8-14(24-2)11(18)7-15(12)25-3/h7-10H,4-6H2,1-3H3,(H,19,23)(H,20,21,22). The minimum absolute atomic E-state index is 0.237. The van der Waals surface area contributed by atoms with Crippen molar-refractivity contribution in [3.63, 3.8) is 0 Å². The van der Waals surface area contributed by atoms with Crippen LogP contribution in [0.5, 0.6) is 11.5 Å². The first kappa shape index (κ1) is 18.8. The van der Waals surface area contributed by atoms with Crippen molar-refractivity contribution < 1.29 is 14.3 Å². The summed E-state index contributed by atoms with van der Waals surface area (Å²) in [6.07, 6.45) is 3.26. The van der Waals surface area contributed by atoms with E-state index < -0.39 is 0 Å². The van der Waals surface area contributed by atoms with Gasteiger partial charge in [0.25, 0.3) is 5.91 Å². The quantitative estimate of drug-likeness (QED) is 0.698. The van der Waals surface area contributed by atoms with Gasteiger partial charge in [-0.15, -0.1) is 0 Å². The van der Waals surface area contributed by atoms with Crippen molar-refractivity contribution >= 4 is 29.0 Å². The first-order valence-electron chi connectivity index (χ1n) is 7.87. The second kappa shape index (κ2) is 9.08. The summed E-state index contributed by atoms with van der Waals surface area (Å²) in [4.78, 5) is 20.2. The van der Waals surface area contributed by atoms with Crippen molar-refractivity contribution in [2.75, 3.05) is 26.1 Å². The monoisotopic (exact) mass is 364 g/mol. The number of unbranched alkanes of at least 4 members (excludes halogenated alkanes) is 1. The minimum atomic E-state index is -0.237. The lowest BCUT2D eigenvalue weighted by Gasteiger charge is -2.13. The summed E-state index contributed by atoms with van der Waals surface area (Å²) in [5.74, 6) is 1.24. The van der Waals surface area contributed by atoms with Gasteiger partial charge in [-0.2, -0.15) is 0 Å². The molecule has 0 spiro atoms. The number of halogens is 1. The van der Waals surface area contributed by atoms with E-state index in [2.05, 4.69) is 27.5 Å². The molecule has 0 aliphatic rings. The molecule has 1 aromatic heterocycles. The highest BCUT2D eigenvalue weighted by Crippen LogP contribution is 2.37. The molecular weight excluding hydrogens is 344 g/mol. The van der Waals surface area contributed by atoms with Crippen LogP contribution in [-0.2, 0) is 0 Å². The number of methoxy groups -OCH3 is 2. The van der Waals surface area contributed by atoms with E-state index in [9.17, 15) is 4.79 Å². The molecular formula is C17H21ClN4O3. The third kappa shape index (κ3) is 4.96. The average molecular weight is 365 g/mol. The maximum atomic E-state index is 12.1. The fraction of sp³-hybridized carbons (Fsp3) is 0.353. The zero-order valence-corrected chi connectivity index (χ0v) is 15.2. The molecule has 0 unspecified atom stereocenters. The summed E-state index contributed by atoms with van der Waals surface area (Å²) in [5, 5.41) is 6.35. The van der Waals surface area contributed by atoms with Crippen LogP contribution in [-0.4, -0.2) is 36.6 Å². The Balaban J connectivity index is 2.20. The molecule has 0 saturated carbocycles. The topological polar surface area (TPSA) is 85.4 Å². The Morgan fingerprint density at radius 1 is 1.16 bits per heavy atom. The fourth-order valence-corrected chi connectivity index (χ4v) is 2.35. The summed E-state index contributed by atoms with van der Waals surface area (Å²) < 4.78 is 10.5. The van der Waals surface area contributed by atoms with Crippen LogP contribution in [0.25, 0.3) is 0 Å². The van der Waals surface area contributed by atoms with Crippen molar-refractivity contribution in [1.29, 1.82) is 0 Å². The van der Waals surface area contributed by atoms with Crippen molar-refractivity contribution in [3.05, 3.63) is 35.2 Å². The molecule has 0 radical (unpaired) electrons. The van der Waals surface area contributed by atoms with Gasteiger partial charge in [0.15, 0.2) is 0 Å². The number of nitrogens with one attached hydrogen (secondary N) is 2. The Bertz CT molecular complexity index is 740. The maximum Gasteiger partial charge on any atom is 0.270 e. The Morgan fingerprint density at radius 2 is 1.92 bits per heavy atom. The van der Waals surface area contributed by atoms with Gasteiger partial charge in [0, 0.05) is 24.7 Å². The first-order chi connectivity index (χ1) is 12.1. The number of hydrogen-bond donors (Lipinski definition) is 2. The Hall–Kier alpha value is -2.54. The van der Waals surface area contributed by atoms with Gasteiger partial charge in [0.2, 0.25) is 0 Å². The number of amides is 1. The van der Waals surface area contributed by atoms with Crippen LogP contribution in [0.1, 0.15) is 30.3 Å². The number of anilines is 2. The van der Waals surface area contributed by atoms with E-state index in [-0.39, 0.29) is 11.6 Å². The molecule has 0 bridgehead atoms. The zero-order chi connectivity index (χ0) is 18.2. The predicted molar refractivity (Wildman–Crippen MR) is 97.1 cm³/mol. The van der Waals surface area contributed by atoms with Crippen molar-refractivity contribution in [2.24, 2.45) is 0 Å². The average Bonchev–Trinajstić information content (AvgIpc) is 2.63. The van der Waals surface area contributed by atoms with Crippen LogP contribution in [0, 0.1) is 0 Å². The first-order valence-corrected chi connectivity index (χ1v) is 8.25. The minimum Gasteiger partial charge on any atom is -0.495 e. The van der Waals surface area contributed by atoms with Gasteiger partial charge in [-0.3, -0.25) is 4.79 Å². The zero-order valence-electron chi connectivity index (χ0n) is 14.4. The SMILES string of the molecule is CCCCNC(=O)c1cc(Nc2cc(OC)c(Cl)cc2OC)ncn1. The van der Waals surface area contributed by atoms with E-state index in [4.69, 9.17) is 21.1 Å². The molecule has 1 amide bonds. The Labute approximate surface area is 151 Å². The molecule has 0 atom stereocenters. The Morgan fingerprint density at radius 3 is 2.60 bits per heavy atom. The molecule has 0 aliphatic heterocycles. The number of benzene rings is 1. The maximum absolute atomic E-state index is 12.1. The molecule has 25 heavy (non-hydrogen) atoms. The second-order valence-electron chi connectivity index (χ2n) is 5.21. The summed E-state index contributed by atoms with van der Waals surface area (Å²) in [5.41, 5.74) is 0.897. The molecule has 2 aromatic rings. The molecule has 8 heteroatoms. The number of hydrogen-bond acceptors (Lipinski definition) is 6. The molecule has 1 heterocycles. The van der Waals surface area contributed by atoms with Crippen LogP contribution in [0.2, 0.25) is 5.02 Å². The normalized spacial score (nSPS) is 10.2. The van der Waals surface area contributed by atoms with Crippen LogP contribution in [0.15, 0.2) is 24.5 Å². The van der Waals surface area contributed by atoms with E-state index in [1.807, 2.05) is 0 Å². The van der Waals surface area contributed by atoms with Crippen LogP contribution >= 0.6 is 11.6 Å². The highest BCUT2D eigenvalue weighted by Gasteiger charge is 2.12. The number of nitrogens with zero attached hydrogens (tertiary/aromatic N) is 2. The molecule has 0 fully saturated rings. The second-order valence-corrected chi connectivity index (χ2v) is 5.62. The lowest BCUT2D eigenvalue weighted by Crippen LogP contribution is -2.25. The fourth-order valence-electron chi connectivity index (χ4n) is 2.12. The van der Waals surface area contributed by atoms with Gasteiger partial charge in [-0.05, 0) is 6.42 Å². The molecule has 2 rings (SSSR count). The summed E-state index contributed by atoms with van der Waals surface area (Å²) in [7, 11) is 3.07. The van der Waals surface area contributed by atoms with Gasteiger partial charge in [0.1, 0.15) is 29.3 Å². The molecule has 7 nitrogen and oxygen atoms in total. The molecule has 134 valence electrons. The van der Waals surface area contributed by atoms with Crippen molar-refractivity contribution in [3.8, 4) is 11.5 Å². The van der Waals surface area contributed by atoms with E-state index >= 15 is 0 Å². The molecule has 2 N–H and O–H groups in total. The van der Waals surface area contributed by atoms with Crippen LogP contribution in [0.4, 0.5) is 11.5 Å². The molecule has 0 saturated heterocycles. The largest absolute Gasteiger partial charge is 0.495 e. The van der Waals surface area contributed by atoms with Crippen LogP contribution in [0.3, 0.4) is 0 Å². The number of carbonyl (C=O) groups excluding carboxylic acids is 1. The number of aromatic nitrogens is 2. The highest BCUT2D eigenvalue weighted by molar-refractivity contribution is 6.32. The predicted octanol–water partition coefficient (Wildman–Crippen LogP) is 3.42. The molecule has 1 aromatic carbocycles. The van der Waals surface area contributed by atoms with Gasteiger partial charge in [-0.1, -0.05) is 24.9 Å². The third-order valence-electron chi connectivity index (χ3n) is 3.45. The lowest BCUT2D eigenvalue weighted by atomic mass is 10.2. The number of rotatable bonds is 8. The van der Waals surface area contributed by atoms with E-state index in [1.54, 1.807) is 18.2 Å². The van der Waals surface area contributed by atoms with Crippen molar-refractivity contribution in [2.45, 2.75) is 19.8 Å². The van der Waals surface area contributed by atoms with E-state index in [1.165, 1.54) is 20.5 Å². The number of ether oxygens (including phenoxy) is 2. The van der Waals surface area contributed by atoms with Gasteiger partial charge >= 0.3 is 0 Å². The third-order valence-corrected chi connectivity index (χ3v) is 3.75. The highest BCUT2D eigenvalue weighted by atomic mass is 35.5. The van der Waals surface area contributed by atoms with Crippen LogP contribution < -0.4 is 20.1 Å². The summed E-state index contributed by atoms with van der Waals surface area (Å²) in [6.45, 7) is 2.68. The molecule has 0 aliphatic carbocycles. The van der Waals surface area contributed by atoms with Gasteiger partial charge < -0.3 is 20.1 Å². The van der Waals surface area contributed by atoms with E-state index in [0.29, 0.717) is 34.6 Å². The van der Waals surface area contributed by atoms with Gasteiger partial charge in [-0.25, -0.2) is 9.97 Å². The van der Waals surface area contributed by atoms with Crippen molar-refractivity contribution in [1.82, 2.24) is 15.3 Å². The summed E-state index contributed by atoms with van der Waals surface area (Å²) in [6, 6.07) is 4.91. The lowest BCUT2D eigenvalue weighted by molar-refractivity contribution is 0.0948.